The fraction of sp³-hybridized carbons (Fsp3) is 0.385. The van der Waals surface area contributed by atoms with Crippen molar-refractivity contribution in [3.8, 4) is 0 Å². The van der Waals surface area contributed by atoms with E-state index in [2.05, 4.69) is 10.1 Å². The minimum absolute atomic E-state index is 0.00599. The SMILES string of the molecule is NC1COCC1c1nc(Cc2ccc(Cl)cc2)no1. The van der Waals surface area contributed by atoms with Crippen LogP contribution in [0.1, 0.15) is 23.2 Å². The molecule has 1 aliphatic rings. The Morgan fingerprint density at radius 1 is 1.26 bits per heavy atom. The summed E-state index contributed by atoms with van der Waals surface area (Å²) in [6, 6.07) is 7.52. The molecule has 5 nitrogen and oxygen atoms in total. The van der Waals surface area contributed by atoms with Crippen LogP contribution in [0.4, 0.5) is 0 Å². The molecule has 2 aromatic rings. The van der Waals surface area contributed by atoms with Crippen molar-refractivity contribution in [2.24, 2.45) is 5.73 Å². The number of nitrogens with two attached hydrogens (primary N) is 1. The summed E-state index contributed by atoms with van der Waals surface area (Å²) in [6.07, 6.45) is 0.615. The number of hydrogen-bond donors (Lipinski definition) is 1. The van der Waals surface area contributed by atoms with Gasteiger partial charge in [-0.05, 0) is 17.7 Å². The lowest BCUT2D eigenvalue weighted by molar-refractivity contribution is 0.187. The van der Waals surface area contributed by atoms with Crippen LogP contribution in [-0.4, -0.2) is 29.4 Å². The van der Waals surface area contributed by atoms with Gasteiger partial charge in [0.05, 0.1) is 19.1 Å². The summed E-state index contributed by atoms with van der Waals surface area (Å²) < 4.78 is 10.6. The maximum Gasteiger partial charge on any atom is 0.233 e. The molecular weight excluding hydrogens is 266 g/mol. The number of halogens is 1. The molecule has 1 saturated heterocycles. The van der Waals surface area contributed by atoms with Crippen LogP contribution in [-0.2, 0) is 11.2 Å². The fourth-order valence-electron chi connectivity index (χ4n) is 2.10. The molecule has 2 heterocycles. The van der Waals surface area contributed by atoms with Crippen molar-refractivity contribution < 1.29 is 9.26 Å². The molecule has 0 bridgehead atoms. The van der Waals surface area contributed by atoms with Crippen LogP contribution >= 0.6 is 11.6 Å². The first-order valence-corrected chi connectivity index (χ1v) is 6.50. The number of ether oxygens (including phenoxy) is 1. The summed E-state index contributed by atoms with van der Waals surface area (Å²) in [5.74, 6) is 1.22. The summed E-state index contributed by atoms with van der Waals surface area (Å²) in [7, 11) is 0. The second kappa shape index (κ2) is 5.28. The molecule has 1 aliphatic heterocycles. The first-order valence-electron chi connectivity index (χ1n) is 6.12. The molecule has 2 N–H and O–H groups in total. The van der Waals surface area contributed by atoms with Gasteiger partial charge in [-0.3, -0.25) is 0 Å². The van der Waals surface area contributed by atoms with E-state index < -0.39 is 0 Å². The van der Waals surface area contributed by atoms with E-state index in [1.54, 1.807) is 0 Å². The van der Waals surface area contributed by atoms with Gasteiger partial charge < -0.3 is 15.0 Å². The maximum absolute atomic E-state index is 5.92. The van der Waals surface area contributed by atoms with Gasteiger partial charge in [-0.25, -0.2) is 0 Å². The highest BCUT2D eigenvalue weighted by Gasteiger charge is 2.31. The third kappa shape index (κ3) is 2.78. The molecule has 0 aliphatic carbocycles. The number of aromatic nitrogens is 2. The Balaban J connectivity index is 1.72. The third-order valence-corrected chi connectivity index (χ3v) is 3.45. The lowest BCUT2D eigenvalue weighted by Gasteiger charge is -2.06. The second-order valence-electron chi connectivity index (χ2n) is 4.66. The predicted octanol–water partition coefficient (Wildman–Crippen LogP) is 1.75. The second-order valence-corrected chi connectivity index (χ2v) is 5.10. The third-order valence-electron chi connectivity index (χ3n) is 3.20. The van der Waals surface area contributed by atoms with Gasteiger partial charge >= 0.3 is 0 Å². The molecule has 19 heavy (non-hydrogen) atoms. The highest BCUT2D eigenvalue weighted by Crippen LogP contribution is 2.23. The van der Waals surface area contributed by atoms with E-state index in [1.807, 2.05) is 24.3 Å². The smallest absolute Gasteiger partial charge is 0.233 e. The number of benzene rings is 1. The molecule has 6 heteroatoms. The Morgan fingerprint density at radius 2 is 2.05 bits per heavy atom. The summed E-state index contributed by atoms with van der Waals surface area (Å²) in [4.78, 5) is 4.39. The minimum atomic E-state index is -0.0659. The highest BCUT2D eigenvalue weighted by molar-refractivity contribution is 6.30. The van der Waals surface area contributed by atoms with Crippen molar-refractivity contribution in [3.63, 3.8) is 0 Å². The quantitative estimate of drug-likeness (QED) is 0.926. The van der Waals surface area contributed by atoms with Crippen molar-refractivity contribution in [1.29, 1.82) is 0 Å². The Labute approximate surface area is 115 Å². The van der Waals surface area contributed by atoms with Crippen LogP contribution in [0.5, 0.6) is 0 Å². The Hall–Kier alpha value is -1.43. The van der Waals surface area contributed by atoms with Gasteiger partial charge in [0.15, 0.2) is 5.82 Å². The summed E-state index contributed by atoms with van der Waals surface area (Å²) in [5, 5.41) is 4.70. The van der Waals surface area contributed by atoms with Crippen molar-refractivity contribution >= 4 is 11.6 Å². The minimum Gasteiger partial charge on any atom is -0.379 e. The van der Waals surface area contributed by atoms with Gasteiger partial charge in [-0.2, -0.15) is 4.98 Å². The molecule has 2 unspecified atom stereocenters. The average Bonchev–Trinajstić information content (AvgIpc) is 3.01. The zero-order valence-corrected chi connectivity index (χ0v) is 11.0. The van der Waals surface area contributed by atoms with E-state index in [0.29, 0.717) is 36.4 Å². The highest BCUT2D eigenvalue weighted by atomic mass is 35.5. The van der Waals surface area contributed by atoms with Crippen LogP contribution in [0, 0.1) is 0 Å². The van der Waals surface area contributed by atoms with E-state index in [4.69, 9.17) is 26.6 Å². The molecule has 100 valence electrons. The van der Waals surface area contributed by atoms with E-state index in [-0.39, 0.29) is 12.0 Å². The summed E-state index contributed by atoms with van der Waals surface area (Å²) >= 11 is 5.84. The molecule has 3 rings (SSSR count). The molecule has 0 amide bonds. The number of hydrogen-bond acceptors (Lipinski definition) is 5. The van der Waals surface area contributed by atoms with Gasteiger partial charge in [-0.1, -0.05) is 28.9 Å². The zero-order valence-electron chi connectivity index (χ0n) is 10.3. The lowest BCUT2D eigenvalue weighted by atomic mass is 10.1. The van der Waals surface area contributed by atoms with E-state index >= 15 is 0 Å². The van der Waals surface area contributed by atoms with Gasteiger partial charge in [0.1, 0.15) is 0 Å². The molecule has 0 spiro atoms. The molecular formula is C13H14ClN3O2. The van der Waals surface area contributed by atoms with Crippen LogP contribution in [0.3, 0.4) is 0 Å². The van der Waals surface area contributed by atoms with Crippen LogP contribution in [0.2, 0.25) is 5.02 Å². The summed E-state index contributed by atoms with van der Waals surface area (Å²) in [6.45, 7) is 1.09. The molecule has 1 aromatic heterocycles. The van der Waals surface area contributed by atoms with Crippen LogP contribution in [0.25, 0.3) is 0 Å². The van der Waals surface area contributed by atoms with E-state index in [9.17, 15) is 0 Å². The molecule has 0 radical (unpaired) electrons. The van der Waals surface area contributed by atoms with Crippen LogP contribution < -0.4 is 5.73 Å². The normalized spacial score (nSPS) is 22.8. The van der Waals surface area contributed by atoms with Gasteiger partial charge in [0, 0.05) is 17.5 Å². The van der Waals surface area contributed by atoms with Gasteiger partial charge in [0.2, 0.25) is 5.89 Å². The largest absolute Gasteiger partial charge is 0.379 e. The summed E-state index contributed by atoms with van der Waals surface area (Å²) in [5.41, 5.74) is 7.01. The van der Waals surface area contributed by atoms with Crippen molar-refractivity contribution in [1.82, 2.24) is 10.1 Å². The molecule has 1 fully saturated rings. The Bertz CT molecular complexity index is 555. The number of nitrogens with zero attached hydrogens (tertiary/aromatic N) is 2. The van der Waals surface area contributed by atoms with Gasteiger partial charge in [-0.15, -0.1) is 0 Å². The fourth-order valence-corrected chi connectivity index (χ4v) is 2.23. The van der Waals surface area contributed by atoms with Crippen molar-refractivity contribution in [2.75, 3.05) is 13.2 Å². The zero-order chi connectivity index (χ0) is 13.2. The Kier molecular flexibility index (Phi) is 3.50. The Morgan fingerprint density at radius 3 is 2.74 bits per heavy atom. The maximum atomic E-state index is 5.92. The lowest BCUT2D eigenvalue weighted by Crippen LogP contribution is -2.27. The van der Waals surface area contributed by atoms with Crippen LogP contribution in [0.15, 0.2) is 28.8 Å². The topological polar surface area (TPSA) is 74.2 Å². The average molecular weight is 280 g/mol. The molecule has 1 aromatic carbocycles. The first kappa shape index (κ1) is 12.6. The van der Waals surface area contributed by atoms with Crippen molar-refractivity contribution in [3.05, 3.63) is 46.6 Å². The number of rotatable bonds is 3. The molecule has 0 saturated carbocycles. The monoisotopic (exact) mass is 279 g/mol. The van der Waals surface area contributed by atoms with E-state index in [1.165, 1.54) is 0 Å². The first-order chi connectivity index (χ1) is 9.22. The van der Waals surface area contributed by atoms with Crippen molar-refractivity contribution in [2.45, 2.75) is 18.4 Å². The van der Waals surface area contributed by atoms with Gasteiger partial charge in [0.25, 0.3) is 0 Å². The predicted molar refractivity (Wildman–Crippen MR) is 70.1 cm³/mol. The standard InChI is InChI=1S/C13H14ClN3O2/c14-9-3-1-8(2-4-9)5-12-16-13(19-17-12)10-6-18-7-11(10)15/h1-4,10-11H,5-7,15H2. The molecule has 2 atom stereocenters. The van der Waals surface area contributed by atoms with E-state index in [0.717, 1.165) is 5.56 Å².